The molecule has 2 N–H and O–H groups in total. The molecule has 0 aliphatic carbocycles. The molecule has 0 aromatic carbocycles. The summed E-state index contributed by atoms with van der Waals surface area (Å²) in [5.74, 6) is -0.111. The fraction of sp³-hybridized carbons (Fsp3) is 0.947. The molecule has 0 aliphatic heterocycles. The van der Waals surface area contributed by atoms with Crippen LogP contribution in [0.5, 0.6) is 0 Å². The average molecular weight is 331 g/mol. The van der Waals surface area contributed by atoms with Crippen LogP contribution in [0, 0.1) is 0 Å². The zero-order chi connectivity index (χ0) is 17.3. The van der Waals surface area contributed by atoms with Crippen molar-refractivity contribution < 1.29 is 19.7 Å². The highest BCUT2D eigenvalue weighted by atomic mass is 16.5. The molecule has 0 bridgehead atoms. The SMILES string of the molecule is CCCCC[C@@H](O)[C@@H](O)CCCCCCCCCCC(=O)OC. The van der Waals surface area contributed by atoms with E-state index < -0.39 is 12.2 Å². The molecule has 138 valence electrons. The molecule has 0 unspecified atom stereocenters. The van der Waals surface area contributed by atoms with Crippen LogP contribution in [0.4, 0.5) is 0 Å². The van der Waals surface area contributed by atoms with Gasteiger partial charge >= 0.3 is 5.97 Å². The Balaban J connectivity index is 3.30. The number of aliphatic hydroxyl groups excluding tert-OH is 2. The van der Waals surface area contributed by atoms with E-state index in [4.69, 9.17) is 0 Å². The van der Waals surface area contributed by atoms with Crippen molar-refractivity contribution in [3.63, 3.8) is 0 Å². The Kier molecular flexibility index (Phi) is 15.8. The topological polar surface area (TPSA) is 66.8 Å². The van der Waals surface area contributed by atoms with Gasteiger partial charge in [0, 0.05) is 6.42 Å². The Bertz CT molecular complexity index is 268. The van der Waals surface area contributed by atoms with Crippen molar-refractivity contribution >= 4 is 5.97 Å². The molecule has 0 aromatic rings. The second kappa shape index (κ2) is 16.3. The van der Waals surface area contributed by atoms with Crippen LogP contribution in [0.3, 0.4) is 0 Å². The Labute approximate surface area is 142 Å². The summed E-state index contributed by atoms with van der Waals surface area (Å²) in [5.41, 5.74) is 0. The number of rotatable bonds is 16. The van der Waals surface area contributed by atoms with E-state index in [0.717, 1.165) is 51.4 Å². The largest absolute Gasteiger partial charge is 0.469 e. The second-order valence-corrected chi connectivity index (χ2v) is 6.57. The van der Waals surface area contributed by atoms with Gasteiger partial charge in [-0.25, -0.2) is 0 Å². The van der Waals surface area contributed by atoms with Gasteiger partial charge in [-0.3, -0.25) is 4.79 Å². The van der Waals surface area contributed by atoms with Gasteiger partial charge < -0.3 is 14.9 Å². The molecule has 0 rings (SSSR count). The van der Waals surface area contributed by atoms with Gasteiger partial charge in [0.25, 0.3) is 0 Å². The minimum Gasteiger partial charge on any atom is -0.469 e. The molecule has 0 aromatic heterocycles. The number of ether oxygens (including phenoxy) is 1. The molecule has 0 saturated carbocycles. The fourth-order valence-electron chi connectivity index (χ4n) is 2.77. The van der Waals surface area contributed by atoms with Crippen molar-refractivity contribution in [1.29, 1.82) is 0 Å². The lowest BCUT2D eigenvalue weighted by molar-refractivity contribution is -0.140. The van der Waals surface area contributed by atoms with Gasteiger partial charge in [0.1, 0.15) is 0 Å². The second-order valence-electron chi connectivity index (χ2n) is 6.57. The first-order chi connectivity index (χ1) is 11.1. The maximum atomic E-state index is 10.9. The van der Waals surface area contributed by atoms with Crippen LogP contribution in [0.1, 0.15) is 96.8 Å². The average Bonchev–Trinajstić information content (AvgIpc) is 2.56. The van der Waals surface area contributed by atoms with Gasteiger partial charge in [-0.05, 0) is 19.3 Å². The van der Waals surface area contributed by atoms with Gasteiger partial charge in [-0.15, -0.1) is 0 Å². The Morgan fingerprint density at radius 1 is 0.783 bits per heavy atom. The highest BCUT2D eigenvalue weighted by Gasteiger charge is 2.14. The highest BCUT2D eigenvalue weighted by Crippen LogP contribution is 2.14. The summed E-state index contributed by atoms with van der Waals surface area (Å²) >= 11 is 0. The summed E-state index contributed by atoms with van der Waals surface area (Å²) in [6, 6.07) is 0. The van der Waals surface area contributed by atoms with Gasteiger partial charge in [0.05, 0.1) is 19.3 Å². The molecule has 0 fully saturated rings. The lowest BCUT2D eigenvalue weighted by Gasteiger charge is -2.17. The number of carbonyl (C=O) groups excluding carboxylic acids is 1. The van der Waals surface area contributed by atoms with Crippen LogP contribution in [0.15, 0.2) is 0 Å². The number of esters is 1. The first kappa shape index (κ1) is 22.4. The van der Waals surface area contributed by atoms with Crippen LogP contribution in [0.2, 0.25) is 0 Å². The summed E-state index contributed by atoms with van der Waals surface area (Å²) in [7, 11) is 1.43. The zero-order valence-electron chi connectivity index (χ0n) is 15.3. The van der Waals surface area contributed by atoms with Gasteiger partial charge in [-0.1, -0.05) is 71.1 Å². The number of aliphatic hydroxyl groups is 2. The molecule has 0 spiro atoms. The number of hydrogen-bond acceptors (Lipinski definition) is 4. The quantitative estimate of drug-likeness (QED) is 0.326. The summed E-state index contributed by atoms with van der Waals surface area (Å²) in [6.45, 7) is 2.14. The van der Waals surface area contributed by atoms with E-state index >= 15 is 0 Å². The summed E-state index contributed by atoms with van der Waals surface area (Å²) in [5, 5.41) is 19.7. The van der Waals surface area contributed by atoms with Gasteiger partial charge in [0.15, 0.2) is 0 Å². The van der Waals surface area contributed by atoms with Crippen LogP contribution in [-0.2, 0) is 9.53 Å². The minimum atomic E-state index is -0.551. The predicted octanol–water partition coefficient (Wildman–Crippen LogP) is 4.36. The molecule has 0 amide bonds. The van der Waals surface area contributed by atoms with Crippen molar-refractivity contribution in [3.8, 4) is 0 Å². The lowest BCUT2D eigenvalue weighted by Crippen LogP contribution is -2.25. The summed E-state index contributed by atoms with van der Waals surface area (Å²) in [4.78, 5) is 10.9. The molecule has 2 atom stereocenters. The molecule has 23 heavy (non-hydrogen) atoms. The third kappa shape index (κ3) is 14.7. The molecule has 0 radical (unpaired) electrons. The van der Waals surface area contributed by atoms with E-state index in [-0.39, 0.29) is 5.97 Å². The molecular weight excluding hydrogens is 292 g/mol. The maximum Gasteiger partial charge on any atom is 0.305 e. The Hall–Kier alpha value is -0.610. The van der Waals surface area contributed by atoms with E-state index in [1.165, 1.54) is 32.8 Å². The zero-order valence-corrected chi connectivity index (χ0v) is 15.3. The molecule has 0 saturated heterocycles. The van der Waals surface area contributed by atoms with E-state index in [0.29, 0.717) is 12.8 Å². The monoisotopic (exact) mass is 330 g/mol. The van der Waals surface area contributed by atoms with Crippen LogP contribution in [-0.4, -0.2) is 35.5 Å². The standard InChI is InChI=1S/C19H38O4/c1-3-4-11-14-17(20)18(21)15-12-9-7-5-6-8-10-13-16-19(22)23-2/h17-18,20-21H,3-16H2,1-2H3/t17-,18+/m1/s1. The van der Waals surface area contributed by atoms with Crippen LogP contribution < -0.4 is 0 Å². The first-order valence-electron chi connectivity index (χ1n) is 9.54. The van der Waals surface area contributed by atoms with Crippen LogP contribution in [0.25, 0.3) is 0 Å². The van der Waals surface area contributed by atoms with Crippen LogP contribution >= 0.6 is 0 Å². The van der Waals surface area contributed by atoms with Gasteiger partial charge in [0.2, 0.25) is 0 Å². The third-order valence-electron chi connectivity index (χ3n) is 4.41. The van der Waals surface area contributed by atoms with Crippen molar-refractivity contribution in [3.05, 3.63) is 0 Å². The van der Waals surface area contributed by atoms with E-state index in [1.807, 2.05) is 0 Å². The minimum absolute atomic E-state index is 0.111. The van der Waals surface area contributed by atoms with Crippen molar-refractivity contribution in [1.82, 2.24) is 0 Å². The molecule has 0 aliphatic rings. The smallest absolute Gasteiger partial charge is 0.305 e. The van der Waals surface area contributed by atoms with Crippen molar-refractivity contribution in [2.75, 3.05) is 7.11 Å². The summed E-state index contributed by atoms with van der Waals surface area (Å²) < 4.78 is 4.61. The van der Waals surface area contributed by atoms with E-state index in [2.05, 4.69) is 11.7 Å². The number of hydrogen-bond donors (Lipinski definition) is 2. The highest BCUT2D eigenvalue weighted by molar-refractivity contribution is 5.68. The predicted molar refractivity (Wildman–Crippen MR) is 94.3 cm³/mol. The first-order valence-corrected chi connectivity index (χ1v) is 9.54. The molecule has 4 heteroatoms. The van der Waals surface area contributed by atoms with E-state index in [9.17, 15) is 15.0 Å². The molecule has 4 nitrogen and oxygen atoms in total. The number of unbranched alkanes of at least 4 members (excludes halogenated alkanes) is 9. The lowest BCUT2D eigenvalue weighted by atomic mass is 10.00. The van der Waals surface area contributed by atoms with Crippen molar-refractivity contribution in [2.24, 2.45) is 0 Å². The normalized spacial score (nSPS) is 13.7. The van der Waals surface area contributed by atoms with Crippen molar-refractivity contribution in [2.45, 2.75) is 109 Å². The molecule has 0 heterocycles. The maximum absolute atomic E-state index is 10.9. The number of carbonyl (C=O) groups is 1. The third-order valence-corrected chi connectivity index (χ3v) is 4.41. The molecular formula is C19H38O4. The van der Waals surface area contributed by atoms with E-state index in [1.54, 1.807) is 0 Å². The fourth-order valence-corrected chi connectivity index (χ4v) is 2.77. The summed E-state index contributed by atoms with van der Waals surface area (Å²) in [6.07, 6.45) is 13.1. The Morgan fingerprint density at radius 2 is 1.22 bits per heavy atom. The van der Waals surface area contributed by atoms with Gasteiger partial charge in [-0.2, -0.15) is 0 Å². The Morgan fingerprint density at radius 3 is 1.70 bits per heavy atom. The number of methoxy groups -OCH3 is 1.